The van der Waals surface area contributed by atoms with Gasteiger partial charge < -0.3 is 0 Å². The summed E-state index contributed by atoms with van der Waals surface area (Å²) in [4.78, 5) is 11.9. The smallest absolute Gasteiger partial charge is 0.248 e. The molecule has 0 amide bonds. The van der Waals surface area contributed by atoms with Gasteiger partial charge in [0.15, 0.2) is 0 Å². The molecule has 1 aromatic carbocycles. The molecule has 2 aromatic rings. The fourth-order valence-electron chi connectivity index (χ4n) is 1.69. The van der Waals surface area contributed by atoms with Crippen molar-refractivity contribution in [2.75, 3.05) is 0 Å². The van der Waals surface area contributed by atoms with Gasteiger partial charge in [0.25, 0.3) is 0 Å². The van der Waals surface area contributed by atoms with Crippen LogP contribution in [0.1, 0.15) is 37.4 Å². The zero-order chi connectivity index (χ0) is 11.4. The van der Waals surface area contributed by atoms with Crippen LogP contribution in [0.4, 0.5) is 0 Å². The molecule has 4 nitrogen and oxygen atoms in total. The summed E-state index contributed by atoms with van der Waals surface area (Å²) in [6.45, 7) is 2.12. The lowest BCUT2D eigenvalue weighted by molar-refractivity contribution is 0.0886. The predicted molar refractivity (Wildman–Crippen MR) is 62.3 cm³/mol. The first-order chi connectivity index (χ1) is 7.83. The highest BCUT2D eigenvalue weighted by Gasteiger charge is 2.10. The molecular weight excluding hydrogens is 202 g/mol. The van der Waals surface area contributed by atoms with Crippen LogP contribution in [0.3, 0.4) is 0 Å². The minimum atomic E-state index is 0.0298. The van der Waals surface area contributed by atoms with Crippen LogP contribution in [-0.2, 0) is 0 Å². The molecule has 16 heavy (non-hydrogen) atoms. The number of hydrogen-bond acceptors (Lipinski definition) is 3. The van der Waals surface area contributed by atoms with Crippen molar-refractivity contribution in [1.82, 2.24) is 15.0 Å². The van der Waals surface area contributed by atoms with E-state index < -0.39 is 0 Å². The maximum Gasteiger partial charge on any atom is 0.248 e. The van der Waals surface area contributed by atoms with Gasteiger partial charge in [0.05, 0.1) is 5.52 Å². The van der Waals surface area contributed by atoms with Gasteiger partial charge in [-0.05, 0) is 18.6 Å². The monoisotopic (exact) mass is 217 g/mol. The van der Waals surface area contributed by atoms with Crippen LogP contribution in [0, 0.1) is 0 Å². The van der Waals surface area contributed by atoms with Crippen LogP contribution in [0.5, 0.6) is 0 Å². The van der Waals surface area contributed by atoms with Crippen LogP contribution in [0.15, 0.2) is 24.3 Å². The highest BCUT2D eigenvalue weighted by Crippen LogP contribution is 2.11. The third-order valence-electron chi connectivity index (χ3n) is 2.58. The Morgan fingerprint density at radius 1 is 1.31 bits per heavy atom. The molecule has 0 bridgehead atoms. The number of carbonyl (C=O) groups excluding carboxylic acids is 1. The Kier molecular flexibility index (Phi) is 3.29. The van der Waals surface area contributed by atoms with E-state index in [2.05, 4.69) is 17.2 Å². The normalized spacial score (nSPS) is 10.8. The predicted octanol–water partition coefficient (Wildman–Crippen LogP) is 2.65. The summed E-state index contributed by atoms with van der Waals surface area (Å²) in [5.41, 5.74) is 1.57. The van der Waals surface area contributed by atoms with Crippen molar-refractivity contribution in [2.24, 2.45) is 0 Å². The van der Waals surface area contributed by atoms with Crippen molar-refractivity contribution >= 4 is 16.9 Å². The number of nitrogens with zero attached hydrogens (tertiary/aromatic N) is 3. The largest absolute Gasteiger partial charge is 0.273 e. The van der Waals surface area contributed by atoms with E-state index in [0.29, 0.717) is 6.42 Å². The summed E-state index contributed by atoms with van der Waals surface area (Å²) in [5.74, 6) is 0.0298. The van der Waals surface area contributed by atoms with Crippen molar-refractivity contribution < 1.29 is 4.79 Å². The zero-order valence-electron chi connectivity index (χ0n) is 9.39. The molecular formula is C12H15N3O. The van der Waals surface area contributed by atoms with Crippen molar-refractivity contribution in [1.29, 1.82) is 0 Å². The molecule has 0 N–H and O–H groups in total. The maximum atomic E-state index is 11.9. The van der Waals surface area contributed by atoms with E-state index in [9.17, 15) is 4.79 Å². The second-order valence-corrected chi connectivity index (χ2v) is 3.84. The molecule has 0 aliphatic heterocycles. The van der Waals surface area contributed by atoms with Gasteiger partial charge in [0.2, 0.25) is 5.91 Å². The van der Waals surface area contributed by atoms with Gasteiger partial charge in [-0.2, -0.15) is 4.68 Å². The van der Waals surface area contributed by atoms with E-state index in [-0.39, 0.29) is 5.91 Å². The first-order valence-corrected chi connectivity index (χ1v) is 5.66. The molecule has 84 valence electrons. The molecule has 0 spiro atoms. The number of aromatic nitrogens is 3. The van der Waals surface area contributed by atoms with Crippen LogP contribution >= 0.6 is 0 Å². The van der Waals surface area contributed by atoms with Crippen molar-refractivity contribution in [3.05, 3.63) is 24.3 Å². The van der Waals surface area contributed by atoms with Crippen molar-refractivity contribution in [3.63, 3.8) is 0 Å². The average molecular weight is 217 g/mol. The van der Waals surface area contributed by atoms with Gasteiger partial charge in [-0.1, -0.05) is 37.1 Å². The molecule has 0 aliphatic carbocycles. The van der Waals surface area contributed by atoms with E-state index in [1.807, 2.05) is 24.3 Å². The molecule has 0 atom stereocenters. The van der Waals surface area contributed by atoms with E-state index in [0.717, 1.165) is 30.3 Å². The summed E-state index contributed by atoms with van der Waals surface area (Å²) in [5, 5.41) is 7.85. The van der Waals surface area contributed by atoms with E-state index in [1.54, 1.807) is 0 Å². The van der Waals surface area contributed by atoms with Crippen LogP contribution in [-0.4, -0.2) is 20.9 Å². The Morgan fingerprint density at radius 3 is 2.94 bits per heavy atom. The van der Waals surface area contributed by atoms with Gasteiger partial charge in [-0.15, -0.1) is 5.10 Å². The fraction of sp³-hybridized carbons (Fsp3) is 0.417. The topological polar surface area (TPSA) is 47.8 Å². The lowest BCUT2D eigenvalue weighted by atomic mass is 10.2. The van der Waals surface area contributed by atoms with Gasteiger partial charge in [0, 0.05) is 6.42 Å². The lowest BCUT2D eigenvalue weighted by Gasteiger charge is -2.00. The third-order valence-corrected chi connectivity index (χ3v) is 2.58. The number of benzene rings is 1. The minimum Gasteiger partial charge on any atom is -0.273 e. The van der Waals surface area contributed by atoms with Crippen molar-refractivity contribution in [2.45, 2.75) is 32.6 Å². The number of carbonyl (C=O) groups is 1. The summed E-state index contributed by atoms with van der Waals surface area (Å²) < 4.78 is 1.41. The van der Waals surface area contributed by atoms with Crippen LogP contribution in [0.25, 0.3) is 11.0 Å². The summed E-state index contributed by atoms with van der Waals surface area (Å²) in [7, 11) is 0. The molecule has 4 heteroatoms. The van der Waals surface area contributed by atoms with Gasteiger partial charge >= 0.3 is 0 Å². The number of hydrogen-bond donors (Lipinski definition) is 0. The molecule has 0 saturated carbocycles. The Bertz CT molecular complexity index is 490. The van der Waals surface area contributed by atoms with Crippen LogP contribution in [0.2, 0.25) is 0 Å². The number of para-hydroxylation sites is 1. The fourth-order valence-corrected chi connectivity index (χ4v) is 1.69. The van der Waals surface area contributed by atoms with Gasteiger partial charge in [-0.3, -0.25) is 4.79 Å². The summed E-state index contributed by atoms with van der Waals surface area (Å²) >= 11 is 0. The Hall–Kier alpha value is -1.71. The van der Waals surface area contributed by atoms with Gasteiger partial charge in [-0.25, -0.2) is 0 Å². The molecule has 0 aliphatic rings. The molecule has 0 fully saturated rings. The van der Waals surface area contributed by atoms with Gasteiger partial charge in [0.1, 0.15) is 5.52 Å². The molecule has 0 saturated heterocycles. The Balaban J connectivity index is 2.17. The highest BCUT2D eigenvalue weighted by atomic mass is 16.2. The summed E-state index contributed by atoms with van der Waals surface area (Å²) in [6.07, 6.45) is 3.66. The van der Waals surface area contributed by atoms with E-state index in [1.165, 1.54) is 4.68 Å². The lowest BCUT2D eigenvalue weighted by Crippen LogP contribution is -2.11. The summed E-state index contributed by atoms with van der Waals surface area (Å²) in [6, 6.07) is 7.51. The minimum absolute atomic E-state index is 0.0298. The first-order valence-electron chi connectivity index (χ1n) is 5.66. The first kappa shape index (κ1) is 10.8. The van der Waals surface area contributed by atoms with Crippen molar-refractivity contribution in [3.8, 4) is 0 Å². The molecule has 1 heterocycles. The Morgan fingerprint density at radius 2 is 2.12 bits per heavy atom. The number of unbranched alkanes of at least 4 members (excludes halogenated alkanes) is 2. The second kappa shape index (κ2) is 4.88. The molecule has 2 rings (SSSR count). The molecule has 0 unspecified atom stereocenters. The average Bonchev–Trinajstić information content (AvgIpc) is 2.73. The maximum absolute atomic E-state index is 11.9. The molecule has 1 aromatic heterocycles. The number of rotatable bonds is 4. The number of fused-ring (bicyclic) bond motifs is 1. The van der Waals surface area contributed by atoms with E-state index in [4.69, 9.17) is 0 Å². The third kappa shape index (κ3) is 2.10. The SMILES string of the molecule is CCCCCC(=O)n1nnc2ccccc21. The van der Waals surface area contributed by atoms with Crippen LogP contribution < -0.4 is 0 Å². The molecule has 0 radical (unpaired) electrons. The quantitative estimate of drug-likeness (QED) is 0.740. The second-order valence-electron chi connectivity index (χ2n) is 3.84. The standard InChI is InChI=1S/C12H15N3O/c1-2-3-4-9-12(16)15-11-8-6-5-7-10(11)13-14-15/h5-8H,2-4,9H2,1H3. The van der Waals surface area contributed by atoms with E-state index >= 15 is 0 Å². The Labute approximate surface area is 94.3 Å². The highest BCUT2D eigenvalue weighted by molar-refractivity contribution is 5.88. The zero-order valence-corrected chi connectivity index (χ0v) is 9.39.